The van der Waals surface area contributed by atoms with Gasteiger partial charge < -0.3 is 0 Å². The van der Waals surface area contributed by atoms with Crippen LogP contribution in [0.2, 0.25) is 0 Å². The van der Waals surface area contributed by atoms with Crippen molar-refractivity contribution in [1.29, 1.82) is 0 Å². The van der Waals surface area contributed by atoms with Gasteiger partial charge >= 0.3 is 0 Å². The average Bonchev–Trinajstić information content (AvgIpc) is 2.39. The molecule has 2 aromatic rings. The maximum atomic E-state index is 12.8. The second-order valence-electron chi connectivity index (χ2n) is 3.75. The first-order chi connectivity index (χ1) is 8.20. The highest BCUT2D eigenvalue weighted by atomic mass is 19.1. The predicted molar refractivity (Wildman–Crippen MR) is 64.3 cm³/mol. The molecule has 0 saturated carbocycles. The normalized spacial score (nSPS) is 10.2. The van der Waals surface area contributed by atoms with Gasteiger partial charge in [-0.15, -0.1) is 0 Å². The smallest absolute Gasteiger partial charge is 0.164 e. The van der Waals surface area contributed by atoms with Gasteiger partial charge in [0.2, 0.25) is 0 Å². The lowest BCUT2D eigenvalue weighted by atomic mass is 10.0. The Balaban J connectivity index is 2.39. The van der Waals surface area contributed by atoms with E-state index in [4.69, 9.17) is 0 Å². The van der Waals surface area contributed by atoms with Gasteiger partial charge in [0.25, 0.3) is 0 Å². The average molecular weight is 229 g/mol. The third kappa shape index (κ3) is 2.56. The zero-order valence-corrected chi connectivity index (χ0v) is 9.48. The molecule has 0 aliphatic rings. The Morgan fingerprint density at radius 1 is 1.18 bits per heavy atom. The van der Waals surface area contributed by atoms with Crippen LogP contribution in [0.15, 0.2) is 42.7 Å². The van der Waals surface area contributed by atoms with Crippen LogP contribution in [0.25, 0.3) is 11.1 Å². The molecule has 2 rings (SSSR count). The van der Waals surface area contributed by atoms with Crippen molar-refractivity contribution in [3.63, 3.8) is 0 Å². The molecule has 2 nitrogen and oxygen atoms in total. The third-order valence-corrected chi connectivity index (χ3v) is 2.56. The number of aromatic nitrogens is 1. The highest BCUT2D eigenvalue weighted by Crippen LogP contribution is 2.20. The van der Waals surface area contributed by atoms with Gasteiger partial charge in [-0.05, 0) is 23.8 Å². The summed E-state index contributed by atoms with van der Waals surface area (Å²) in [6.07, 6.45) is 3.67. The number of benzene rings is 1. The van der Waals surface area contributed by atoms with Crippen LogP contribution in [0.4, 0.5) is 4.39 Å². The lowest BCUT2D eigenvalue weighted by Gasteiger charge is -2.03. The minimum absolute atomic E-state index is 0.0569. The van der Waals surface area contributed by atoms with Crippen LogP contribution in [0.5, 0.6) is 0 Å². The molecule has 1 heterocycles. The molecule has 3 heteroatoms. The van der Waals surface area contributed by atoms with Crippen LogP contribution in [-0.4, -0.2) is 10.8 Å². The lowest BCUT2D eigenvalue weighted by Crippen LogP contribution is -1.97. The van der Waals surface area contributed by atoms with E-state index >= 15 is 0 Å². The van der Waals surface area contributed by atoms with Gasteiger partial charge in [-0.2, -0.15) is 0 Å². The fraction of sp³-hybridized carbons (Fsp3) is 0.143. The molecule has 0 N–H and O–H groups in total. The Kier molecular flexibility index (Phi) is 3.28. The molecule has 86 valence electrons. The first kappa shape index (κ1) is 11.5. The fourth-order valence-corrected chi connectivity index (χ4v) is 1.60. The summed E-state index contributed by atoms with van der Waals surface area (Å²) in [6, 6.07) is 7.92. The molecule has 0 spiro atoms. The van der Waals surface area contributed by atoms with E-state index in [2.05, 4.69) is 4.98 Å². The summed E-state index contributed by atoms with van der Waals surface area (Å²) >= 11 is 0. The van der Waals surface area contributed by atoms with Crippen LogP contribution in [0.1, 0.15) is 23.7 Å². The molecule has 0 saturated heterocycles. The Morgan fingerprint density at radius 3 is 2.53 bits per heavy atom. The summed E-state index contributed by atoms with van der Waals surface area (Å²) in [4.78, 5) is 15.6. The van der Waals surface area contributed by atoms with E-state index in [1.54, 1.807) is 30.6 Å². The number of pyridine rings is 1. The van der Waals surface area contributed by atoms with E-state index in [0.717, 1.165) is 11.1 Å². The minimum Gasteiger partial charge on any atom is -0.294 e. The van der Waals surface area contributed by atoms with Gasteiger partial charge in [-0.25, -0.2) is 4.39 Å². The summed E-state index contributed by atoms with van der Waals surface area (Å²) in [5.74, 6) is -0.219. The van der Waals surface area contributed by atoms with Crippen molar-refractivity contribution in [2.45, 2.75) is 13.3 Å². The predicted octanol–water partition coefficient (Wildman–Crippen LogP) is 3.48. The largest absolute Gasteiger partial charge is 0.294 e. The maximum absolute atomic E-state index is 12.8. The summed E-state index contributed by atoms with van der Waals surface area (Å²) in [5, 5.41) is 0. The fourth-order valence-electron chi connectivity index (χ4n) is 1.60. The number of carbonyl (C=O) groups is 1. The quantitative estimate of drug-likeness (QED) is 0.754. The SMILES string of the molecule is CCC(=O)c1cncc(-c2ccc(F)cc2)c1. The Hall–Kier alpha value is -2.03. The molecule has 1 aromatic heterocycles. The summed E-state index contributed by atoms with van der Waals surface area (Å²) in [6.45, 7) is 1.81. The van der Waals surface area contributed by atoms with Gasteiger partial charge in [0.05, 0.1) is 0 Å². The van der Waals surface area contributed by atoms with Gasteiger partial charge in [-0.3, -0.25) is 9.78 Å². The van der Waals surface area contributed by atoms with E-state index < -0.39 is 0 Å². The molecule has 0 bridgehead atoms. The van der Waals surface area contributed by atoms with E-state index in [1.165, 1.54) is 12.1 Å². The molecular formula is C14H12FNO. The number of halogens is 1. The first-order valence-corrected chi connectivity index (χ1v) is 5.45. The van der Waals surface area contributed by atoms with E-state index in [-0.39, 0.29) is 11.6 Å². The van der Waals surface area contributed by atoms with Crippen molar-refractivity contribution in [2.75, 3.05) is 0 Å². The highest BCUT2D eigenvalue weighted by molar-refractivity contribution is 5.96. The number of rotatable bonds is 3. The minimum atomic E-state index is -0.275. The van der Waals surface area contributed by atoms with Crippen molar-refractivity contribution in [1.82, 2.24) is 4.98 Å². The standard InChI is InChI=1S/C14H12FNO/c1-2-14(17)12-7-11(8-16-9-12)10-3-5-13(15)6-4-10/h3-9H,2H2,1H3. The van der Waals surface area contributed by atoms with E-state index in [1.807, 2.05) is 6.92 Å². The number of hydrogen-bond donors (Lipinski definition) is 0. The summed E-state index contributed by atoms with van der Waals surface area (Å²) in [7, 11) is 0. The lowest BCUT2D eigenvalue weighted by molar-refractivity contribution is 0.0988. The molecule has 0 aliphatic heterocycles. The molecule has 0 amide bonds. The van der Waals surface area contributed by atoms with E-state index in [0.29, 0.717) is 12.0 Å². The molecule has 17 heavy (non-hydrogen) atoms. The molecule has 0 atom stereocenters. The van der Waals surface area contributed by atoms with Crippen molar-refractivity contribution < 1.29 is 9.18 Å². The van der Waals surface area contributed by atoms with Crippen LogP contribution in [-0.2, 0) is 0 Å². The third-order valence-electron chi connectivity index (χ3n) is 2.56. The molecule has 1 aromatic carbocycles. The first-order valence-electron chi connectivity index (χ1n) is 5.45. The Morgan fingerprint density at radius 2 is 1.88 bits per heavy atom. The summed E-state index contributed by atoms with van der Waals surface area (Å²) < 4.78 is 12.8. The van der Waals surface area contributed by atoms with Crippen LogP contribution in [0, 0.1) is 5.82 Å². The number of hydrogen-bond acceptors (Lipinski definition) is 2. The zero-order valence-electron chi connectivity index (χ0n) is 9.48. The molecule has 0 fully saturated rings. The van der Waals surface area contributed by atoms with Crippen LogP contribution < -0.4 is 0 Å². The second-order valence-corrected chi connectivity index (χ2v) is 3.75. The summed E-state index contributed by atoms with van der Waals surface area (Å²) in [5.41, 5.74) is 2.27. The maximum Gasteiger partial charge on any atom is 0.164 e. The van der Waals surface area contributed by atoms with Crippen molar-refractivity contribution >= 4 is 5.78 Å². The van der Waals surface area contributed by atoms with Crippen LogP contribution in [0.3, 0.4) is 0 Å². The van der Waals surface area contributed by atoms with Gasteiger partial charge in [0, 0.05) is 29.9 Å². The number of Topliss-reactive ketones (excluding diaryl/α,β-unsaturated/α-hetero) is 1. The monoisotopic (exact) mass is 229 g/mol. The van der Waals surface area contributed by atoms with Crippen molar-refractivity contribution in [2.24, 2.45) is 0 Å². The van der Waals surface area contributed by atoms with Crippen LogP contribution >= 0.6 is 0 Å². The van der Waals surface area contributed by atoms with Gasteiger partial charge in [0.1, 0.15) is 5.82 Å². The Labute approximate surface area is 99.1 Å². The zero-order chi connectivity index (χ0) is 12.3. The van der Waals surface area contributed by atoms with Gasteiger partial charge in [0.15, 0.2) is 5.78 Å². The number of nitrogens with zero attached hydrogens (tertiary/aromatic N) is 1. The topological polar surface area (TPSA) is 30.0 Å². The van der Waals surface area contributed by atoms with E-state index in [9.17, 15) is 9.18 Å². The highest BCUT2D eigenvalue weighted by Gasteiger charge is 2.05. The van der Waals surface area contributed by atoms with Gasteiger partial charge in [-0.1, -0.05) is 19.1 Å². The number of ketones is 1. The molecule has 0 aliphatic carbocycles. The molecule has 0 radical (unpaired) electrons. The Bertz CT molecular complexity index is 534. The second kappa shape index (κ2) is 4.87. The van der Waals surface area contributed by atoms with Crippen molar-refractivity contribution in [3.8, 4) is 11.1 Å². The molecule has 0 unspecified atom stereocenters. The number of carbonyl (C=O) groups excluding carboxylic acids is 1. The van der Waals surface area contributed by atoms with Crippen molar-refractivity contribution in [3.05, 3.63) is 54.1 Å². The molecular weight excluding hydrogens is 217 g/mol.